The van der Waals surface area contributed by atoms with Crippen LogP contribution in [0, 0.1) is 0 Å². The molecule has 1 aliphatic rings. The van der Waals surface area contributed by atoms with Crippen LogP contribution in [-0.4, -0.2) is 40.9 Å². The molecule has 6 nitrogen and oxygen atoms in total. The predicted molar refractivity (Wildman–Crippen MR) is 89.4 cm³/mol. The van der Waals surface area contributed by atoms with E-state index in [1.807, 2.05) is 31.2 Å². The number of carbonyl (C=O) groups is 3. The van der Waals surface area contributed by atoms with Gasteiger partial charge >= 0.3 is 5.97 Å². The molecule has 0 bridgehead atoms. The number of carbonyl (C=O) groups excluding carboxylic acids is 2. The van der Waals surface area contributed by atoms with Crippen LogP contribution in [0.1, 0.15) is 49.7 Å². The van der Waals surface area contributed by atoms with E-state index < -0.39 is 11.9 Å². The first kappa shape index (κ1) is 18.0. The maximum atomic E-state index is 12.4. The van der Waals surface area contributed by atoms with Gasteiger partial charge in [0.2, 0.25) is 11.8 Å². The topological polar surface area (TPSA) is 86.7 Å². The summed E-state index contributed by atoms with van der Waals surface area (Å²) in [5, 5.41) is 12.2. The van der Waals surface area contributed by atoms with E-state index in [2.05, 4.69) is 5.32 Å². The maximum absolute atomic E-state index is 12.4. The van der Waals surface area contributed by atoms with Gasteiger partial charge in [-0.1, -0.05) is 31.2 Å². The molecule has 0 aromatic heterocycles. The maximum Gasteiger partial charge on any atom is 0.312 e. The van der Waals surface area contributed by atoms with Crippen molar-refractivity contribution in [3.8, 4) is 0 Å². The van der Waals surface area contributed by atoms with E-state index in [1.165, 1.54) is 0 Å². The summed E-state index contributed by atoms with van der Waals surface area (Å²) in [5.74, 6) is -1.75. The van der Waals surface area contributed by atoms with E-state index in [0.717, 1.165) is 17.5 Å². The van der Waals surface area contributed by atoms with Gasteiger partial charge in [0.25, 0.3) is 0 Å². The largest absolute Gasteiger partial charge is 0.481 e. The molecule has 0 fully saturated rings. The van der Waals surface area contributed by atoms with E-state index in [4.69, 9.17) is 0 Å². The summed E-state index contributed by atoms with van der Waals surface area (Å²) in [6, 6.07) is 7.35. The number of nitrogens with one attached hydrogen (secondary N) is 1. The molecule has 0 aliphatic carbocycles. The molecule has 1 aromatic carbocycles. The summed E-state index contributed by atoms with van der Waals surface area (Å²) in [6.07, 6.45) is 1.94. The standard InChI is InChI=1S/C18H24N2O4/c1-2-10-19-16(21)8-5-9-17(22)20-11-13-6-3-4-7-14(13)15(12-20)18(23)24/h3-4,6-7,15H,2,5,8-12H2,1H3,(H,19,21)(H,23,24). The van der Waals surface area contributed by atoms with Crippen LogP contribution in [0.4, 0.5) is 0 Å². The molecule has 130 valence electrons. The van der Waals surface area contributed by atoms with E-state index in [9.17, 15) is 19.5 Å². The predicted octanol–water partition coefficient (Wildman–Crippen LogP) is 1.89. The van der Waals surface area contributed by atoms with E-state index in [-0.39, 0.29) is 24.8 Å². The van der Waals surface area contributed by atoms with E-state index in [0.29, 0.717) is 25.9 Å². The number of amides is 2. The minimum absolute atomic E-state index is 0.0444. The van der Waals surface area contributed by atoms with Crippen LogP contribution in [0.15, 0.2) is 24.3 Å². The fourth-order valence-corrected chi connectivity index (χ4v) is 2.92. The molecule has 1 heterocycles. The van der Waals surface area contributed by atoms with Crippen LogP contribution >= 0.6 is 0 Å². The molecule has 0 radical (unpaired) electrons. The molecule has 0 saturated heterocycles. The number of fused-ring (bicyclic) bond motifs is 1. The van der Waals surface area contributed by atoms with Gasteiger partial charge in [0, 0.05) is 32.5 Å². The number of hydrogen-bond donors (Lipinski definition) is 2. The Kier molecular flexibility index (Phi) is 6.35. The Balaban J connectivity index is 1.92. The molecule has 1 unspecified atom stereocenters. The average molecular weight is 332 g/mol. The molecule has 2 rings (SSSR count). The minimum Gasteiger partial charge on any atom is -0.481 e. The number of benzene rings is 1. The van der Waals surface area contributed by atoms with Crippen LogP contribution < -0.4 is 5.32 Å². The lowest BCUT2D eigenvalue weighted by atomic mass is 9.89. The number of carboxylic acid groups (broad SMARTS) is 1. The molecule has 0 spiro atoms. The Hall–Kier alpha value is -2.37. The highest BCUT2D eigenvalue weighted by molar-refractivity contribution is 5.82. The van der Waals surface area contributed by atoms with Crippen LogP contribution in [-0.2, 0) is 20.9 Å². The highest BCUT2D eigenvalue weighted by Gasteiger charge is 2.32. The smallest absolute Gasteiger partial charge is 0.312 e. The summed E-state index contributed by atoms with van der Waals surface area (Å²) in [5.41, 5.74) is 1.66. The van der Waals surface area contributed by atoms with Gasteiger partial charge in [0.1, 0.15) is 0 Å². The van der Waals surface area contributed by atoms with Crippen molar-refractivity contribution in [2.75, 3.05) is 13.1 Å². The van der Waals surface area contributed by atoms with Gasteiger partial charge in [-0.15, -0.1) is 0 Å². The molecule has 24 heavy (non-hydrogen) atoms. The second kappa shape index (κ2) is 8.47. The third-order valence-electron chi connectivity index (χ3n) is 4.21. The van der Waals surface area contributed by atoms with Crippen LogP contribution in [0.5, 0.6) is 0 Å². The molecular formula is C18H24N2O4. The summed E-state index contributed by atoms with van der Waals surface area (Å²) in [4.78, 5) is 37.0. The van der Waals surface area contributed by atoms with Crippen molar-refractivity contribution in [2.45, 2.75) is 45.1 Å². The SMILES string of the molecule is CCCNC(=O)CCCC(=O)N1Cc2ccccc2C(C(=O)O)C1. The average Bonchev–Trinajstić information content (AvgIpc) is 2.58. The zero-order chi connectivity index (χ0) is 17.5. The summed E-state index contributed by atoms with van der Waals surface area (Å²) in [7, 11) is 0. The van der Waals surface area contributed by atoms with Crippen molar-refractivity contribution in [3.63, 3.8) is 0 Å². The fraction of sp³-hybridized carbons (Fsp3) is 0.500. The Morgan fingerprint density at radius 2 is 2.00 bits per heavy atom. The lowest BCUT2D eigenvalue weighted by Gasteiger charge is -2.33. The van der Waals surface area contributed by atoms with Gasteiger partial charge in [-0.3, -0.25) is 14.4 Å². The van der Waals surface area contributed by atoms with Crippen molar-refractivity contribution in [3.05, 3.63) is 35.4 Å². The number of nitrogens with zero attached hydrogens (tertiary/aromatic N) is 1. The van der Waals surface area contributed by atoms with Crippen molar-refractivity contribution in [1.82, 2.24) is 10.2 Å². The summed E-state index contributed by atoms with van der Waals surface area (Å²) >= 11 is 0. The first-order valence-electron chi connectivity index (χ1n) is 8.38. The van der Waals surface area contributed by atoms with Crippen molar-refractivity contribution in [2.24, 2.45) is 0 Å². The summed E-state index contributed by atoms with van der Waals surface area (Å²) < 4.78 is 0. The molecule has 1 aromatic rings. The highest BCUT2D eigenvalue weighted by Crippen LogP contribution is 2.28. The van der Waals surface area contributed by atoms with E-state index in [1.54, 1.807) is 4.90 Å². The van der Waals surface area contributed by atoms with Crippen LogP contribution in [0.2, 0.25) is 0 Å². The van der Waals surface area contributed by atoms with E-state index >= 15 is 0 Å². The number of carboxylic acids is 1. The quantitative estimate of drug-likeness (QED) is 0.798. The van der Waals surface area contributed by atoms with Crippen LogP contribution in [0.3, 0.4) is 0 Å². The first-order valence-corrected chi connectivity index (χ1v) is 8.38. The number of aliphatic carboxylic acids is 1. The van der Waals surface area contributed by atoms with Crippen molar-refractivity contribution in [1.29, 1.82) is 0 Å². The third-order valence-corrected chi connectivity index (χ3v) is 4.21. The highest BCUT2D eigenvalue weighted by atomic mass is 16.4. The van der Waals surface area contributed by atoms with Gasteiger partial charge in [0.15, 0.2) is 0 Å². The van der Waals surface area contributed by atoms with Gasteiger partial charge in [-0.25, -0.2) is 0 Å². The molecule has 2 N–H and O–H groups in total. The summed E-state index contributed by atoms with van der Waals surface area (Å²) in [6.45, 7) is 3.25. The third kappa shape index (κ3) is 4.57. The lowest BCUT2D eigenvalue weighted by molar-refractivity contribution is -0.141. The molecular weight excluding hydrogens is 308 g/mol. The second-order valence-electron chi connectivity index (χ2n) is 6.07. The fourth-order valence-electron chi connectivity index (χ4n) is 2.92. The van der Waals surface area contributed by atoms with Gasteiger partial charge in [0.05, 0.1) is 5.92 Å². The Morgan fingerprint density at radius 3 is 2.71 bits per heavy atom. The number of hydrogen-bond acceptors (Lipinski definition) is 3. The van der Waals surface area contributed by atoms with Gasteiger partial charge in [-0.2, -0.15) is 0 Å². The van der Waals surface area contributed by atoms with Crippen LogP contribution in [0.25, 0.3) is 0 Å². The monoisotopic (exact) mass is 332 g/mol. The Morgan fingerprint density at radius 1 is 1.25 bits per heavy atom. The Bertz CT molecular complexity index is 615. The van der Waals surface area contributed by atoms with Gasteiger partial charge < -0.3 is 15.3 Å². The molecule has 1 aliphatic heterocycles. The Labute approximate surface area is 141 Å². The lowest BCUT2D eigenvalue weighted by Crippen LogP contribution is -2.40. The van der Waals surface area contributed by atoms with Crippen molar-refractivity contribution < 1.29 is 19.5 Å². The molecule has 6 heteroatoms. The zero-order valence-corrected chi connectivity index (χ0v) is 14.0. The minimum atomic E-state index is -0.918. The molecule has 2 amide bonds. The second-order valence-corrected chi connectivity index (χ2v) is 6.07. The number of rotatable bonds is 7. The van der Waals surface area contributed by atoms with Gasteiger partial charge in [-0.05, 0) is 24.0 Å². The molecule has 0 saturated carbocycles. The molecule has 1 atom stereocenters. The first-order chi connectivity index (χ1) is 11.5. The normalized spacial score (nSPS) is 16.4. The van der Waals surface area contributed by atoms with Crippen molar-refractivity contribution >= 4 is 17.8 Å². The zero-order valence-electron chi connectivity index (χ0n) is 14.0.